The molecule has 1 aliphatic rings. The van der Waals surface area contributed by atoms with Gasteiger partial charge >= 0.3 is 6.18 Å². The van der Waals surface area contributed by atoms with Crippen molar-refractivity contribution in [2.75, 3.05) is 32.7 Å². The molecule has 2 atom stereocenters. The average molecular weight is 534 g/mol. The summed E-state index contributed by atoms with van der Waals surface area (Å²) in [6, 6.07) is 8.84. The second-order valence-corrected chi connectivity index (χ2v) is 10.7. The summed E-state index contributed by atoms with van der Waals surface area (Å²) in [5.74, 6) is 0.683. The van der Waals surface area contributed by atoms with E-state index in [1.807, 2.05) is 0 Å². The number of nitrogens with two attached hydrogens (primary N) is 1. The fourth-order valence-corrected chi connectivity index (χ4v) is 5.37. The van der Waals surface area contributed by atoms with Crippen molar-refractivity contribution < 1.29 is 22.7 Å². The van der Waals surface area contributed by atoms with Gasteiger partial charge in [0.25, 0.3) is 5.91 Å². The summed E-state index contributed by atoms with van der Waals surface area (Å²) < 4.78 is 45.1. The van der Waals surface area contributed by atoms with E-state index in [0.717, 1.165) is 49.1 Å². The summed E-state index contributed by atoms with van der Waals surface area (Å²) >= 11 is 0. The largest absolute Gasteiger partial charge is 0.487 e. The van der Waals surface area contributed by atoms with E-state index in [-0.39, 0.29) is 23.1 Å². The van der Waals surface area contributed by atoms with Crippen molar-refractivity contribution >= 4 is 5.91 Å². The van der Waals surface area contributed by atoms with E-state index < -0.39 is 11.7 Å². The number of alkyl halides is 3. The van der Waals surface area contributed by atoms with Gasteiger partial charge in [-0.05, 0) is 101 Å². The van der Waals surface area contributed by atoms with Crippen LogP contribution in [0.25, 0.3) is 0 Å². The first-order valence-electron chi connectivity index (χ1n) is 13.6. The molecule has 0 saturated carbocycles. The minimum atomic E-state index is -4.41. The van der Waals surface area contributed by atoms with Gasteiger partial charge in [0.1, 0.15) is 11.4 Å². The van der Waals surface area contributed by atoms with Crippen LogP contribution in [0.5, 0.6) is 5.75 Å². The molecule has 1 fully saturated rings. The molecule has 5 nitrogen and oxygen atoms in total. The summed E-state index contributed by atoms with van der Waals surface area (Å²) in [4.78, 5) is 16.9. The number of carbonyl (C=O) groups is 1. The molecule has 0 bridgehead atoms. The van der Waals surface area contributed by atoms with Crippen LogP contribution in [0.2, 0.25) is 0 Å². The molecule has 38 heavy (non-hydrogen) atoms. The van der Waals surface area contributed by atoms with Crippen LogP contribution < -0.4 is 10.5 Å². The number of benzene rings is 2. The van der Waals surface area contributed by atoms with E-state index in [2.05, 4.69) is 51.7 Å². The van der Waals surface area contributed by atoms with Gasteiger partial charge in [-0.25, -0.2) is 0 Å². The molecular weight excluding hydrogens is 491 g/mol. The maximum Gasteiger partial charge on any atom is 0.416 e. The molecule has 0 spiro atoms. The van der Waals surface area contributed by atoms with E-state index in [9.17, 15) is 18.0 Å². The maximum atomic E-state index is 12.9. The molecule has 210 valence electrons. The molecule has 2 N–H and O–H groups in total. The number of nitrogens with zero attached hydrogens (tertiary/aromatic N) is 2. The van der Waals surface area contributed by atoms with Gasteiger partial charge in [-0.2, -0.15) is 13.2 Å². The zero-order valence-corrected chi connectivity index (χ0v) is 23.3. The smallest absolute Gasteiger partial charge is 0.416 e. The fraction of sp³-hybridized carbons (Fsp3) is 0.567. The molecule has 2 unspecified atom stereocenters. The minimum absolute atomic E-state index is 0.158. The molecule has 1 saturated heterocycles. The van der Waals surface area contributed by atoms with Gasteiger partial charge in [0.15, 0.2) is 0 Å². The molecule has 1 amide bonds. The number of amides is 1. The molecule has 0 radical (unpaired) electrons. The summed E-state index contributed by atoms with van der Waals surface area (Å²) in [5, 5.41) is 0. The topological polar surface area (TPSA) is 58.8 Å². The van der Waals surface area contributed by atoms with Crippen LogP contribution in [0.15, 0.2) is 36.4 Å². The number of ether oxygens (including phenoxy) is 1. The normalized spacial score (nSPS) is 17.2. The molecule has 0 aromatic heterocycles. The van der Waals surface area contributed by atoms with Crippen molar-refractivity contribution in [1.29, 1.82) is 0 Å². The summed E-state index contributed by atoms with van der Waals surface area (Å²) in [7, 11) is 0. The Morgan fingerprint density at radius 2 is 1.63 bits per heavy atom. The van der Waals surface area contributed by atoms with Gasteiger partial charge in [-0.3, -0.25) is 9.69 Å². The Hall–Kier alpha value is -2.58. The molecule has 0 aliphatic carbocycles. The molecular formula is C30H42F3N3O2. The zero-order chi connectivity index (χ0) is 28.1. The average Bonchev–Trinajstić information content (AvgIpc) is 2.89. The van der Waals surface area contributed by atoms with E-state index in [0.29, 0.717) is 32.7 Å². The van der Waals surface area contributed by atoms with Crippen molar-refractivity contribution in [2.45, 2.75) is 78.1 Å². The SMILES string of the molecule is CCCC(C)(CCCN)Oc1ccc(C(C)N2CCN(C(=O)c3ccc(C(F)(F)F)cc3)CC2)c(C)c1C. The van der Waals surface area contributed by atoms with Crippen LogP contribution in [0.1, 0.15) is 85.1 Å². The highest BCUT2D eigenvalue weighted by Crippen LogP contribution is 2.35. The molecule has 2 aromatic carbocycles. The molecule has 1 heterocycles. The van der Waals surface area contributed by atoms with Gasteiger partial charge in [0.05, 0.1) is 5.56 Å². The van der Waals surface area contributed by atoms with Gasteiger partial charge in [0, 0.05) is 37.8 Å². The highest BCUT2D eigenvalue weighted by atomic mass is 19.4. The second kappa shape index (κ2) is 12.5. The first-order valence-corrected chi connectivity index (χ1v) is 13.6. The molecule has 1 aliphatic heterocycles. The Morgan fingerprint density at radius 3 is 2.18 bits per heavy atom. The summed E-state index contributed by atoms with van der Waals surface area (Å²) in [5.41, 5.74) is 8.62. The number of halogens is 3. The highest BCUT2D eigenvalue weighted by Gasteiger charge is 2.31. The maximum absolute atomic E-state index is 12.9. The highest BCUT2D eigenvalue weighted by molar-refractivity contribution is 5.94. The van der Waals surface area contributed by atoms with Crippen molar-refractivity contribution in [1.82, 2.24) is 9.80 Å². The minimum Gasteiger partial charge on any atom is -0.487 e. The van der Waals surface area contributed by atoms with Crippen LogP contribution in [-0.4, -0.2) is 54.0 Å². The lowest BCUT2D eigenvalue weighted by atomic mass is 9.93. The van der Waals surface area contributed by atoms with Crippen LogP contribution >= 0.6 is 0 Å². The molecule has 8 heteroatoms. The Balaban J connectivity index is 1.65. The lowest BCUT2D eigenvalue weighted by molar-refractivity contribution is -0.137. The summed E-state index contributed by atoms with van der Waals surface area (Å²) in [6.07, 6.45) is -0.551. The predicted molar refractivity (Wildman–Crippen MR) is 145 cm³/mol. The number of carbonyl (C=O) groups excluding carboxylic acids is 1. The standard InChI is InChI=1S/C30H42F3N3O2/c1-6-14-29(5,15-7-16-34)38-27-13-12-26(21(2)22(27)3)23(4)35-17-19-36(20-18-35)28(37)24-8-10-25(11-9-24)30(31,32)33/h8-13,23H,6-7,14-20,34H2,1-5H3. The molecule has 2 aromatic rings. The van der Waals surface area contributed by atoms with Gasteiger partial charge in [0.2, 0.25) is 0 Å². The van der Waals surface area contributed by atoms with E-state index in [1.165, 1.54) is 23.3 Å². The second-order valence-electron chi connectivity index (χ2n) is 10.7. The van der Waals surface area contributed by atoms with Crippen LogP contribution in [0, 0.1) is 13.8 Å². The third-order valence-electron chi connectivity index (χ3n) is 7.88. The van der Waals surface area contributed by atoms with Crippen LogP contribution in [0.3, 0.4) is 0 Å². The molecule has 3 rings (SSSR count). The van der Waals surface area contributed by atoms with Gasteiger partial charge in [-0.1, -0.05) is 19.4 Å². The number of hydrogen-bond donors (Lipinski definition) is 1. The number of hydrogen-bond acceptors (Lipinski definition) is 4. The van der Waals surface area contributed by atoms with Crippen molar-refractivity contribution in [3.05, 3.63) is 64.2 Å². The lowest BCUT2D eigenvalue weighted by Gasteiger charge is -2.39. The van der Waals surface area contributed by atoms with Crippen LogP contribution in [-0.2, 0) is 6.18 Å². The third-order valence-corrected chi connectivity index (χ3v) is 7.88. The predicted octanol–water partition coefficient (Wildman–Crippen LogP) is 6.52. The fourth-order valence-electron chi connectivity index (χ4n) is 5.37. The lowest BCUT2D eigenvalue weighted by Crippen LogP contribution is -2.49. The van der Waals surface area contributed by atoms with E-state index in [1.54, 1.807) is 4.90 Å². The van der Waals surface area contributed by atoms with Gasteiger partial charge < -0.3 is 15.4 Å². The zero-order valence-electron chi connectivity index (χ0n) is 23.3. The monoisotopic (exact) mass is 533 g/mol. The first kappa shape index (κ1) is 30.0. The Morgan fingerprint density at radius 1 is 1.00 bits per heavy atom. The first-order chi connectivity index (χ1) is 17.9. The van der Waals surface area contributed by atoms with E-state index in [4.69, 9.17) is 10.5 Å². The van der Waals surface area contributed by atoms with Crippen molar-refractivity contribution in [3.63, 3.8) is 0 Å². The quantitative estimate of drug-likeness (QED) is 0.378. The van der Waals surface area contributed by atoms with E-state index >= 15 is 0 Å². The summed E-state index contributed by atoms with van der Waals surface area (Å²) in [6.45, 7) is 13.9. The Bertz CT molecular complexity index is 1080. The van der Waals surface area contributed by atoms with Crippen molar-refractivity contribution in [2.24, 2.45) is 5.73 Å². The number of rotatable bonds is 10. The Labute approximate surface area is 225 Å². The Kier molecular flexibility index (Phi) is 9.87. The third kappa shape index (κ3) is 7.08. The van der Waals surface area contributed by atoms with Gasteiger partial charge in [-0.15, -0.1) is 0 Å². The van der Waals surface area contributed by atoms with Crippen LogP contribution in [0.4, 0.5) is 13.2 Å². The van der Waals surface area contributed by atoms with Crippen molar-refractivity contribution in [3.8, 4) is 5.75 Å². The number of piperazine rings is 1.